The number of aliphatic hydroxyl groups is 1. The van der Waals surface area contributed by atoms with E-state index in [1.54, 1.807) is 0 Å². The summed E-state index contributed by atoms with van der Waals surface area (Å²) in [5, 5.41) is 9.95. The summed E-state index contributed by atoms with van der Waals surface area (Å²) < 4.78 is 0. The standard InChI is InChI=1S/C12H14O/c1-2-9-7-8-10-5-3-4-6-11(10)12(9)13/h2-6,9,12-13H,1,7-8H2. The van der Waals surface area contributed by atoms with E-state index >= 15 is 0 Å². The minimum atomic E-state index is -0.345. The fraction of sp³-hybridized carbons (Fsp3) is 0.333. The molecule has 1 N–H and O–H groups in total. The molecule has 0 bridgehead atoms. The summed E-state index contributed by atoms with van der Waals surface area (Å²) in [6.45, 7) is 3.75. The highest BCUT2D eigenvalue weighted by Gasteiger charge is 2.24. The zero-order valence-corrected chi connectivity index (χ0v) is 7.61. The van der Waals surface area contributed by atoms with Gasteiger partial charge >= 0.3 is 0 Å². The van der Waals surface area contributed by atoms with Crippen molar-refractivity contribution in [2.24, 2.45) is 5.92 Å². The molecular formula is C12H14O. The lowest BCUT2D eigenvalue weighted by Crippen LogP contribution is -2.18. The summed E-state index contributed by atoms with van der Waals surface area (Å²) in [5.41, 5.74) is 2.37. The molecule has 1 heteroatoms. The quantitative estimate of drug-likeness (QED) is 0.648. The number of aryl methyl sites for hydroxylation is 1. The largest absolute Gasteiger partial charge is 0.388 e. The van der Waals surface area contributed by atoms with Gasteiger partial charge in [0, 0.05) is 5.92 Å². The predicted octanol–water partition coefficient (Wildman–Crippen LogP) is 2.47. The first-order chi connectivity index (χ1) is 6.33. The molecule has 0 heterocycles. The van der Waals surface area contributed by atoms with Crippen molar-refractivity contribution < 1.29 is 5.11 Å². The van der Waals surface area contributed by atoms with E-state index in [4.69, 9.17) is 0 Å². The average molecular weight is 174 g/mol. The molecular weight excluding hydrogens is 160 g/mol. The normalized spacial score (nSPS) is 26.5. The number of benzene rings is 1. The molecule has 2 unspecified atom stereocenters. The molecule has 1 aliphatic rings. The number of rotatable bonds is 1. The molecule has 0 spiro atoms. The second-order valence-electron chi connectivity index (χ2n) is 3.58. The van der Waals surface area contributed by atoms with Crippen LogP contribution < -0.4 is 0 Å². The first kappa shape index (κ1) is 8.52. The van der Waals surface area contributed by atoms with Gasteiger partial charge in [0.15, 0.2) is 0 Å². The third kappa shape index (κ3) is 1.40. The minimum Gasteiger partial charge on any atom is -0.388 e. The highest BCUT2D eigenvalue weighted by molar-refractivity contribution is 5.32. The summed E-state index contributed by atoms with van der Waals surface area (Å²) >= 11 is 0. The predicted molar refractivity (Wildman–Crippen MR) is 53.4 cm³/mol. The van der Waals surface area contributed by atoms with Gasteiger partial charge in [0.1, 0.15) is 0 Å². The minimum absolute atomic E-state index is 0.231. The second kappa shape index (κ2) is 3.35. The van der Waals surface area contributed by atoms with Crippen LogP contribution in [0, 0.1) is 5.92 Å². The van der Waals surface area contributed by atoms with Gasteiger partial charge in [-0.3, -0.25) is 0 Å². The Morgan fingerprint density at radius 1 is 1.38 bits per heavy atom. The van der Waals surface area contributed by atoms with Crippen LogP contribution in [0.3, 0.4) is 0 Å². The van der Waals surface area contributed by atoms with E-state index in [0.29, 0.717) is 0 Å². The van der Waals surface area contributed by atoms with Gasteiger partial charge in [-0.2, -0.15) is 0 Å². The van der Waals surface area contributed by atoms with Crippen LogP contribution in [0.5, 0.6) is 0 Å². The SMILES string of the molecule is C=CC1CCc2ccccc2C1O. The van der Waals surface area contributed by atoms with Gasteiger partial charge in [-0.25, -0.2) is 0 Å². The Bertz CT molecular complexity index is 317. The van der Waals surface area contributed by atoms with Crippen molar-refractivity contribution in [2.45, 2.75) is 18.9 Å². The Labute approximate surface area is 78.7 Å². The van der Waals surface area contributed by atoms with E-state index in [0.717, 1.165) is 18.4 Å². The van der Waals surface area contributed by atoms with Crippen molar-refractivity contribution in [2.75, 3.05) is 0 Å². The van der Waals surface area contributed by atoms with E-state index in [2.05, 4.69) is 12.6 Å². The summed E-state index contributed by atoms with van der Waals surface area (Å²) in [6.07, 6.45) is 3.59. The number of hydrogen-bond donors (Lipinski definition) is 1. The summed E-state index contributed by atoms with van der Waals surface area (Å²) in [6, 6.07) is 8.11. The molecule has 0 aliphatic heterocycles. The number of fused-ring (bicyclic) bond motifs is 1. The smallest absolute Gasteiger partial charge is 0.0855 e. The number of aliphatic hydroxyl groups excluding tert-OH is 1. The van der Waals surface area contributed by atoms with Crippen LogP contribution in [0.15, 0.2) is 36.9 Å². The Kier molecular flexibility index (Phi) is 2.19. The monoisotopic (exact) mass is 174 g/mol. The van der Waals surface area contributed by atoms with Crippen molar-refractivity contribution in [3.05, 3.63) is 48.0 Å². The fourth-order valence-corrected chi connectivity index (χ4v) is 2.01. The lowest BCUT2D eigenvalue weighted by molar-refractivity contribution is 0.118. The van der Waals surface area contributed by atoms with E-state index in [1.807, 2.05) is 24.3 Å². The van der Waals surface area contributed by atoms with Gasteiger partial charge in [-0.15, -0.1) is 6.58 Å². The molecule has 1 aliphatic carbocycles. The van der Waals surface area contributed by atoms with Crippen LogP contribution in [-0.4, -0.2) is 5.11 Å². The van der Waals surface area contributed by atoms with Crippen molar-refractivity contribution in [1.82, 2.24) is 0 Å². The van der Waals surface area contributed by atoms with Crippen LogP contribution in [0.4, 0.5) is 0 Å². The zero-order chi connectivity index (χ0) is 9.26. The third-order valence-corrected chi connectivity index (χ3v) is 2.83. The lowest BCUT2D eigenvalue weighted by Gasteiger charge is -2.27. The zero-order valence-electron chi connectivity index (χ0n) is 7.61. The Hall–Kier alpha value is -1.08. The highest BCUT2D eigenvalue weighted by atomic mass is 16.3. The van der Waals surface area contributed by atoms with Crippen LogP contribution >= 0.6 is 0 Å². The molecule has 0 amide bonds. The molecule has 0 aromatic heterocycles. The Balaban J connectivity index is 2.38. The van der Waals surface area contributed by atoms with Gasteiger partial charge in [0.2, 0.25) is 0 Å². The molecule has 0 fully saturated rings. The summed E-state index contributed by atoms with van der Waals surface area (Å²) in [5.74, 6) is 0.231. The van der Waals surface area contributed by atoms with Gasteiger partial charge < -0.3 is 5.11 Å². The fourth-order valence-electron chi connectivity index (χ4n) is 2.01. The van der Waals surface area contributed by atoms with E-state index in [1.165, 1.54) is 5.56 Å². The van der Waals surface area contributed by atoms with Gasteiger partial charge in [-0.1, -0.05) is 30.3 Å². The van der Waals surface area contributed by atoms with Crippen LogP contribution in [0.25, 0.3) is 0 Å². The Morgan fingerprint density at radius 3 is 2.92 bits per heavy atom. The molecule has 1 aromatic carbocycles. The van der Waals surface area contributed by atoms with Gasteiger partial charge in [-0.05, 0) is 24.0 Å². The van der Waals surface area contributed by atoms with Crippen molar-refractivity contribution in [3.8, 4) is 0 Å². The maximum atomic E-state index is 9.95. The summed E-state index contributed by atoms with van der Waals surface area (Å²) in [4.78, 5) is 0. The molecule has 0 saturated carbocycles. The Morgan fingerprint density at radius 2 is 2.15 bits per heavy atom. The third-order valence-electron chi connectivity index (χ3n) is 2.83. The second-order valence-corrected chi connectivity index (χ2v) is 3.58. The van der Waals surface area contributed by atoms with Gasteiger partial charge in [0.25, 0.3) is 0 Å². The van der Waals surface area contributed by atoms with E-state index in [-0.39, 0.29) is 12.0 Å². The maximum Gasteiger partial charge on any atom is 0.0855 e. The molecule has 0 saturated heterocycles. The average Bonchev–Trinajstić information content (AvgIpc) is 2.19. The van der Waals surface area contributed by atoms with E-state index in [9.17, 15) is 5.11 Å². The molecule has 1 nitrogen and oxygen atoms in total. The topological polar surface area (TPSA) is 20.2 Å². The molecule has 13 heavy (non-hydrogen) atoms. The molecule has 0 radical (unpaired) electrons. The van der Waals surface area contributed by atoms with Crippen molar-refractivity contribution >= 4 is 0 Å². The van der Waals surface area contributed by atoms with Crippen molar-refractivity contribution in [3.63, 3.8) is 0 Å². The van der Waals surface area contributed by atoms with Crippen LogP contribution in [-0.2, 0) is 6.42 Å². The first-order valence-corrected chi connectivity index (χ1v) is 4.71. The van der Waals surface area contributed by atoms with Crippen LogP contribution in [0.2, 0.25) is 0 Å². The molecule has 68 valence electrons. The summed E-state index contributed by atoms with van der Waals surface area (Å²) in [7, 11) is 0. The van der Waals surface area contributed by atoms with E-state index < -0.39 is 0 Å². The highest BCUT2D eigenvalue weighted by Crippen LogP contribution is 2.34. The lowest BCUT2D eigenvalue weighted by atomic mass is 9.82. The number of hydrogen-bond acceptors (Lipinski definition) is 1. The van der Waals surface area contributed by atoms with Crippen LogP contribution in [0.1, 0.15) is 23.7 Å². The van der Waals surface area contributed by atoms with Gasteiger partial charge in [0.05, 0.1) is 6.10 Å². The molecule has 2 atom stereocenters. The van der Waals surface area contributed by atoms with Crippen molar-refractivity contribution in [1.29, 1.82) is 0 Å². The maximum absolute atomic E-state index is 9.95. The first-order valence-electron chi connectivity index (χ1n) is 4.71. The molecule has 2 rings (SSSR count). The molecule has 1 aromatic rings.